The van der Waals surface area contributed by atoms with E-state index in [-0.39, 0.29) is 6.10 Å². The number of hydrogen-bond acceptors (Lipinski definition) is 2. The molecule has 2 aromatic carbocycles. The number of hydrogen-bond donors (Lipinski definition) is 0. The lowest BCUT2D eigenvalue weighted by Gasteiger charge is -2.37. The number of fused-ring (bicyclic) bond motifs is 2. The van der Waals surface area contributed by atoms with Gasteiger partial charge < -0.3 is 9.47 Å². The molecule has 1 heterocycles. The highest BCUT2D eigenvalue weighted by Crippen LogP contribution is 2.47. The summed E-state index contributed by atoms with van der Waals surface area (Å²) in [5, 5.41) is 0. The summed E-state index contributed by atoms with van der Waals surface area (Å²) in [6.07, 6.45) is 2.18. The van der Waals surface area contributed by atoms with Crippen LogP contribution in [0.15, 0.2) is 54.1 Å². The van der Waals surface area contributed by atoms with E-state index in [4.69, 9.17) is 9.47 Å². The number of para-hydroxylation sites is 1. The highest BCUT2D eigenvalue weighted by Gasteiger charge is 2.34. The molecule has 4 rings (SSSR count). The smallest absolute Gasteiger partial charge is 0.125 e. The van der Waals surface area contributed by atoms with Crippen LogP contribution in [0.25, 0.3) is 5.57 Å². The van der Waals surface area contributed by atoms with Crippen molar-refractivity contribution in [1.29, 1.82) is 0 Å². The van der Waals surface area contributed by atoms with Crippen LogP contribution in [0.4, 0.5) is 0 Å². The minimum atomic E-state index is 0.0192. The molecule has 0 radical (unpaired) electrons. The molecule has 1 aliphatic heterocycles. The van der Waals surface area contributed by atoms with E-state index in [0.717, 1.165) is 30.8 Å². The summed E-state index contributed by atoms with van der Waals surface area (Å²) in [6, 6.07) is 17.1. The van der Waals surface area contributed by atoms with Gasteiger partial charge in [0.15, 0.2) is 0 Å². The molecule has 0 spiro atoms. The van der Waals surface area contributed by atoms with Gasteiger partial charge in [-0.15, -0.1) is 0 Å². The Morgan fingerprint density at radius 2 is 1.78 bits per heavy atom. The summed E-state index contributed by atoms with van der Waals surface area (Å²) >= 11 is 0. The van der Waals surface area contributed by atoms with E-state index in [1.165, 1.54) is 22.3 Å². The van der Waals surface area contributed by atoms with Crippen LogP contribution in [-0.2, 0) is 11.2 Å². The van der Waals surface area contributed by atoms with Gasteiger partial charge in [-0.2, -0.15) is 0 Å². The fraction of sp³-hybridized carbons (Fsp3) is 0.333. The number of benzene rings is 2. The third-order valence-corrected chi connectivity index (χ3v) is 5.06. The van der Waals surface area contributed by atoms with Gasteiger partial charge in [-0.25, -0.2) is 0 Å². The Hall–Kier alpha value is -2.06. The first kappa shape index (κ1) is 14.5. The van der Waals surface area contributed by atoms with Gasteiger partial charge in [0.25, 0.3) is 0 Å². The molecule has 0 amide bonds. The first-order chi connectivity index (χ1) is 11.3. The summed E-state index contributed by atoms with van der Waals surface area (Å²) in [5.74, 6) is 1.36. The quantitative estimate of drug-likeness (QED) is 0.793. The third kappa shape index (κ3) is 2.38. The Labute approximate surface area is 137 Å². The molecule has 2 aromatic rings. The van der Waals surface area contributed by atoms with Crippen LogP contribution in [0.1, 0.15) is 36.1 Å². The molecule has 2 nitrogen and oxygen atoms in total. The van der Waals surface area contributed by atoms with Crippen molar-refractivity contribution in [1.82, 2.24) is 0 Å². The molecule has 0 saturated heterocycles. The minimum absolute atomic E-state index is 0.0192. The van der Waals surface area contributed by atoms with E-state index in [1.54, 1.807) is 7.11 Å². The van der Waals surface area contributed by atoms with Gasteiger partial charge in [-0.1, -0.05) is 49.4 Å². The van der Waals surface area contributed by atoms with Crippen molar-refractivity contribution in [3.8, 4) is 5.75 Å². The van der Waals surface area contributed by atoms with Gasteiger partial charge >= 0.3 is 0 Å². The Balaban J connectivity index is 1.87. The molecule has 0 aromatic heterocycles. The van der Waals surface area contributed by atoms with Gasteiger partial charge in [-0.3, -0.25) is 0 Å². The molecule has 0 saturated carbocycles. The maximum absolute atomic E-state index is 6.27. The first-order valence-electron chi connectivity index (χ1n) is 8.35. The lowest BCUT2D eigenvalue weighted by molar-refractivity contribution is 0.0497. The summed E-state index contributed by atoms with van der Waals surface area (Å²) in [6.45, 7) is 3.03. The van der Waals surface area contributed by atoms with Crippen molar-refractivity contribution in [3.63, 3.8) is 0 Å². The van der Waals surface area contributed by atoms with Gasteiger partial charge in [0.1, 0.15) is 11.9 Å². The van der Waals surface area contributed by atoms with Gasteiger partial charge in [0.05, 0.1) is 13.7 Å². The zero-order valence-corrected chi connectivity index (χ0v) is 13.7. The number of rotatable bonds is 2. The van der Waals surface area contributed by atoms with Crippen molar-refractivity contribution in [2.75, 3.05) is 13.7 Å². The molecule has 1 aliphatic carbocycles. The second-order valence-electron chi connectivity index (χ2n) is 6.45. The second kappa shape index (κ2) is 5.86. The van der Waals surface area contributed by atoms with Crippen molar-refractivity contribution in [2.24, 2.45) is 5.92 Å². The van der Waals surface area contributed by atoms with Crippen molar-refractivity contribution >= 4 is 5.57 Å². The van der Waals surface area contributed by atoms with E-state index in [1.807, 2.05) is 12.1 Å². The molecule has 0 N–H and O–H groups in total. The molecular formula is C21H22O2. The van der Waals surface area contributed by atoms with Crippen LogP contribution in [0, 0.1) is 5.92 Å². The predicted octanol–water partition coefficient (Wildman–Crippen LogP) is 4.80. The zero-order chi connectivity index (χ0) is 15.8. The van der Waals surface area contributed by atoms with E-state index >= 15 is 0 Å². The molecule has 2 heteroatoms. The van der Waals surface area contributed by atoms with Crippen molar-refractivity contribution in [3.05, 3.63) is 70.8 Å². The molecule has 0 bridgehead atoms. The van der Waals surface area contributed by atoms with Gasteiger partial charge in [-0.05, 0) is 41.2 Å². The molecule has 2 aliphatic rings. The predicted molar refractivity (Wildman–Crippen MR) is 92.5 cm³/mol. The maximum Gasteiger partial charge on any atom is 0.125 e. The minimum Gasteiger partial charge on any atom is -0.496 e. The van der Waals surface area contributed by atoms with Gasteiger partial charge in [0.2, 0.25) is 0 Å². The molecule has 118 valence electrons. The van der Waals surface area contributed by atoms with Crippen LogP contribution in [0.3, 0.4) is 0 Å². The normalized spacial score (nSPS) is 23.2. The molecule has 2 atom stereocenters. The standard InChI is InChI=1S/C21H22O2/c1-14-13-23-21(17-9-5-6-10-19(17)22-2)18-12-11-15-7-3-4-8-16(15)20(14)18/h3-10,14,21H,11-13H2,1-2H3/t14-,21-/m1/s1. The van der Waals surface area contributed by atoms with Crippen LogP contribution in [0.2, 0.25) is 0 Å². The van der Waals surface area contributed by atoms with Crippen molar-refractivity contribution < 1.29 is 9.47 Å². The summed E-state index contributed by atoms with van der Waals surface area (Å²) < 4.78 is 11.8. The maximum atomic E-state index is 6.27. The van der Waals surface area contributed by atoms with Crippen LogP contribution in [-0.4, -0.2) is 13.7 Å². The molecule has 0 unspecified atom stereocenters. The van der Waals surface area contributed by atoms with E-state index < -0.39 is 0 Å². The SMILES string of the molecule is COc1ccccc1[C@H]1OC[C@@H](C)C2=C1CCc1ccccc12. The topological polar surface area (TPSA) is 18.5 Å². The van der Waals surface area contributed by atoms with E-state index in [2.05, 4.69) is 43.3 Å². The monoisotopic (exact) mass is 306 g/mol. The zero-order valence-electron chi connectivity index (χ0n) is 13.7. The highest BCUT2D eigenvalue weighted by molar-refractivity contribution is 5.76. The third-order valence-electron chi connectivity index (χ3n) is 5.06. The molecular weight excluding hydrogens is 284 g/mol. The molecule has 23 heavy (non-hydrogen) atoms. The van der Waals surface area contributed by atoms with Crippen LogP contribution in [0.5, 0.6) is 5.75 Å². The van der Waals surface area contributed by atoms with E-state index in [0.29, 0.717) is 5.92 Å². The van der Waals surface area contributed by atoms with Crippen LogP contribution >= 0.6 is 0 Å². The Bertz CT molecular complexity index is 760. The lowest BCUT2D eigenvalue weighted by atomic mass is 9.76. The Kier molecular flexibility index (Phi) is 3.70. The first-order valence-corrected chi connectivity index (χ1v) is 8.35. The van der Waals surface area contributed by atoms with Gasteiger partial charge in [0, 0.05) is 11.5 Å². The highest BCUT2D eigenvalue weighted by atomic mass is 16.5. The number of methoxy groups -OCH3 is 1. The fourth-order valence-electron chi connectivity index (χ4n) is 4.02. The lowest BCUT2D eigenvalue weighted by Crippen LogP contribution is -2.26. The van der Waals surface area contributed by atoms with E-state index in [9.17, 15) is 0 Å². The second-order valence-corrected chi connectivity index (χ2v) is 6.45. The fourth-order valence-corrected chi connectivity index (χ4v) is 4.02. The molecule has 0 fully saturated rings. The average Bonchev–Trinajstić information content (AvgIpc) is 2.61. The average molecular weight is 306 g/mol. The summed E-state index contributed by atoms with van der Waals surface area (Å²) in [4.78, 5) is 0. The summed E-state index contributed by atoms with van der Waals surface area (Å²) in [5.41, 5.74) is 6.97. The Morgan fingerprint density at radius 3 is 2.65 bits per heavy atom. The number of ether oxygens (including phenoxy) is 2. The van der Waals surface area contributed by atoms with Crippen molar-refractivity contribution in [2.45, 2.75) is 25.9 Å². The summed E-state index contributed by atoms with van der Waals surface area (Å²) in [7, 11) is 1.73. The Morgan fingerprint density at radius 1 is 1.00 bits per heavy atom. The van der Waals surface area contributed by atoms with Crippen LogP contribution < -0.4 is 4.74 Å². The largest absolute Gasteiger partial charge is 0.496 e. The number of aryl methyl sites for hydroxylation is 1.